The highest BCUT2D eigenvalue weighted by atomic mass is 16.6. The van der Waals surface area contributed by atoms with Crippen LogP contribution in [0.3, 0.4) is 0 Å². The Kier molecular flexibility index (Phi) is 2.02. The predicted molar refractivity (Wildman–Crippen MR) is 50.2 cm³/mol. The van der Waals surface area contributed by atoms with Gasteiger partial charge in [0.05, 0.1) is 11.5 Å². The number of fused-ring (bicyclic) bond motifs is 3. The maximum atomic E-state index is 11.0. The summed E-state index contributed by atoms with van der Waals surface area (Å²) in [5.41, 5.74) is -0.313. The van der Waals surface area contributed by atoms with E-state index in [9.17, 15) is 4.79 Å². The fourth-order valence-corrected chi connectivity index (χ4v) is 2.78. The van der Waals surface area contributed by atoms with Crippen LogP contribution in [0, 0.1) is 16.7 Å². The van der Waals surface area contributed by atoms with Crippen LogP contribution in [-0.4, -0.2) is 11.6 Å². The molecule has 0 saturated heterocycles. The summed E-state index contributed by atoms with van der Waals surface area (Å²) in [5.74, 6) is -0.184. The van der Waals surface area contributed by atoms with E-state index in [2.05, 4.69) is 6.07 Å². The minimum absolute atomic E-state index is 0.0953. The number of nitrogens with zero attached hydrogens (tertiary/aromatic N) is 1. The zero-order valence-electron chi connectivity index (χ0n) is 8.51. The Morgan fingerprint density at radius 3 is 2.07 bits per heavy atom. The molecule has 3 aliphatic carbocycles. The van der Waals surface area contributed by atoms with Crippen molar-refractivity contribution in [3.05, 3.63) is 0 Å². The van der Waals surface area contributed by atoms with E-state index in [-0.39, 0.29) is 17.0 Å². The van der Waals surface area contributed by atoms with E-state index in [0.717, 1.165) is 38.5 Å². The Labute approximate surface area is 84.0 Å². The average Bonchev–Trinajstić information content (AvgIpc) is 2.19. The highest BCUT2D eigenvalue weighted by molar-refractivity contribution is 5.66. The summed E-state index contributed by atoms with van der Waals surface area (Å²) >= 11 is 0. The van der Waals surface area contributed by atoms with Gasteiger partial charge < -0.3 is 4.74 Å². The van der Waals surface area contributed by atoms with Crippen LogP contribution >= 0.6 is 0 Å². The van der Waals surface area contributed by atoms with Crippen LogP contribution < -0.4 is 0 Å². The quantitative estimate of drug-likeness (QED) is 0.599. The molecule has 3 nitrogen and oxygen atoms in total. The van der Waals surface area contributed by atoms with E-state index in [4.69, 9.17) is 10.00 Å². The molecule has 3 saturated carbocycles. The third-order valence-electron chi connectivity index (χ3n) is 3.77. The van der Waals surface area contributed by atoms with Crippen molar-refractivity contribution in [2.75, 3.05) is 0 Å². The van der Waals surface area contributed by atoms with Crippen LogP contribution in [0.2, 0.25) is 0 Å². The molecule has 3 heteroatoms. The Hall–Kier alpha value is -1.04. The first-order chi connectivity index (χ1) is 6.60. The van der Waals surface area contributed by atoms with Gasteiger partial charge in [0.2, 0.25) is 0 Å². The van der Waals surface area contributed by atoms with Gasteiger partial charge in [-0.1, -0.05) is 0 Å². The Morgan fingerprint density at radius 1 is 1.21 bits per heavy atom. The molecule has 0 heterocycles. The molecule has 0 aliphatic heterocycles. The van der Waals surface area contributed by atoms with E-state index in [0.29, 0.717) is 0 Å². The van der Waals surface area contributed by atoms with Crippen molar-refractivity contribution in [3.8, 4) is 6.07 Å². The predicted octanol–water partition coefficient (Wildman–Crippen LogP) is 2.17. The summed E-state index contributed by atoms with van der Waals surface area (Å²) in [7, 11) is 0. The number of nitriles is 1. The molecule has 0 atom stereocenters. The molecule has 0 amide bonds. The van der Waals surface area contributed by atoms with Crippen LogP contribution in [0.1, 0.15) is 45.4 Å². The number of esters is 1. The largest absolute Gasteiger partial charge is 0.459 e. The van der Waals surface area contributed by atoms with Gasteiger partial charge in [-0.3, -0.25) is 4.79 Å². The Morgan fingerprint density at radius 2 is 1.71 bits per heavy atom. The fraction of sp³-hybridized carbons (Fsp3) is 0.818. The molecule has 3 rings (SSSR count). The Bertz CT molecular complexity index is 278. The average molecular weight is 193 g/mol. The smallest absolute Gasteiger partial charge is 0.303 e. The van der Waals surface area contributed by atoms with E-state index in [1.54, 1.807) is 0 Å². The van der Waals surface area contributed by atoms with Crippen molar-refractivity contribution < 1.29 is 9.53 Å². The standard InChI is InChI=1S/C11H15NO2/c1-9(13)14-11-5-2-10(8-12,3-6-11)4-7-11/h2-7H2,1H3. The van der Waals surface area contributed by atoms with Crippen molar-refractivity contribution >= 4 is 5.97 Å². The van der Waals surface area contributed by atoms with E-state index < -0.39 is 0 Å². The number of rotatable bonds is 1. The maximum absolute atomic E-state index is 11.0. The summed E-state index contributed by atoms with van der Waals surface area (Å²) < 4.78 is 5.41. The highest BCUT2D eigenvalue weighted by Crippen LogP contribution is 2.53. The molecule has 0 unspecified atom stereocenters. The number of hydrogen-bond acceptors (Lipinski definition) is 3. The maximum Gasteiger partial charge on any atom is 0.303 e. The van der Waals surface area contributed by atoms with Gasteiger partial charge in [0.1, 0.15) is 5.60 Å². The summed E-state index contributed by atoms with van der Waals surface area (Å²) in [5, 5.41) is 9.07. The van der Waals surface area contributed by atoms with E-state index >= 15 is 0 Å². The first-order valence-electron chi connectivity index (χ1n) is 5.21. The second-order valence-electron chi connectivity index (χ2n) is 4.67. The SMILES string of the molecule is CC(=O)OC12CCC(C#N)(CC1)CC2. The number of carbonyl (C=O) groups excluding carboxylic acids is 1. The van der Waals surface area contributed by atoms with Gasteiger partial charge in [0.15, 0.2) is 0 Å². The van der Waals surface area contributed by atoms with Crippen LogP contribution in [-0.2, 0) is 9.53 Å². The first-order valence-corrected chi connectivity index (χ1v) is 5.21. The molecule has 2 bridgehead atoms. The summed E-state index contributed by atoms with van der Waals surface area (Å²) in [6, 6.07) is 2.44. The lowest BCUT2D eigenvalue weighted by Crippen LogP contribution is -2.47. The molecule has 0 aromatic carbocycles. The van der Waals surface area contributed by atoms with Gasteiger partial charge in [-0.05, 0) is 38.5 Å². The van der Waals surface area contributed by atoms with Crippen LogP contribution in [0.4, 0.5) is 0 Å². The normalized spacial score (nSPS) is 40.3. The minimum atomic E-state index is -0.218. The fourth-order valence-electron chi connectivity index (χ4n) is 2.78. The number of ether oxygens (including phenoxy) is 1. The van der Waals surface area contributed by atoms with E-state index in [1.165, 1.54) is 6.92 Å². The third kappa shape index (κ3) is 1.39. The molecule has 3 aliphatic rings. The van der Waals surface area contributed by atoms with Crippen molar-refractivity contribution in [3.63, 3.8) is 0 Å². The molecule has 0 aromatic rings. The number of carbonyl (C=O) groups is 1. The lowest BCUT2D eigenvalue weighted by Gasteiger charge is -2.49. The second kappa shape index (κ2) is 2.98. The van der Waals surface area contributed by atoms with Gasteiger partial charge in [-0.25, -0.2) is 0 Å². The second-order valence-corrected chi connectivity index (χ2v) is 4.67. The first kappa shape index (κ1) is 9.51. The van der Waals surface area contributed by atoms with E-state index in [1.807, 2.05) is 0 Å². The summed E-state index contributed by atoms with van der Waals surface area (Å²) in [4.78, 5) is 11.0. The minimum Gasteiger partial charge on any atom is -0.459 e. The topological polar surface area (TPSA) is 50.1 Å². The third-order valence-corrected chi connectivity index (χ3v) is 3.77. The van der Waals surface area contributed by atoms with Crippen LogP contribution in [0.15, 0.2) is 0 Å². The van der Waals surface area contributed by atoms with Gasteiger partial charge in [-0.2, -0.15) is 5.26 Å². The molecule has 0 N–H and O–H groups in total. The molecule has 0 aromatic heterocycles. The van der Waals surface area contributed by atoms with Crippen molar-refractivity contribution in [2.45, 2.75) is 51.0 Å². The molecule has 76 valence electrons. The van der Waals surface area contributed by atoms with Crippen molar-refractivity contribution in [2.24, 2.45) is 5.41 Å². The van der Waals surface area contributed by atoms with Crippen LogP contribution in [0.25, 0.3) is 0 Å². The zero-order valence-corrected chi connectivity index (χ0v) is 8.51. The van der Waals surface area contributed by atoms with Crippen LogP contribution in [0.5, 0.6) is 0 Å². The van der Waals surface area contributed by atoms with Gasteiger partial charge in [0, 0.05) is 6.92 Å². The van der Waals surface area contributed by atoms with Crippen molar-refractivity contribution in [1.29, 1.82) is 5.26 Å². The monoisotopic (exact) mass is 193 g/mol. The van der Waals surface area contributed by atoms with Gasteiger partial charge in [-0.15, -0.1) is 0 Å². The summed E-state index contributed by atoms with van der Waals surface area (Å²) in [6.45, 7) is 1.47. The summed E-state index contributed by atoms with van der Waals surface area (Å²) in [6.07, 6.45) is 5.32. The molecule has 0 spiro atoms. The molecular formula is C11H15NO2. The lowest BCUT2D eigenvalue weighted by molar-refractivity contribution is -0.171. The molecular weight excluding hydrogens is 178 g/mol. The number of hydrogen-bond donors (Lipinski definition) is 0. The lowest BCUT2D eigenvalue weighted by atomic mass is 9.59. The van der Waals surface area contributed by atoms with Crippen molar-refractivity contribution in [1.82, 2.24) is 0 Å². The zero-order chi connectivity index (χ0) is 10.2. The van der Waals surface area contributed by atoms with Gasteiger partial charge >= 0.3 is 5.97 Å². The molecule has 14 heavy (non-hydrogen) atoms. The highest BCUT2D eigenvalue weighted by Gasteiger charge is 2.50. The Balaban J connectivity index is 2.09. The molecule has 0 radical (unpaired) electrons. The molecule has 3 fully saturated rings. The van der Waals surface area contributed by atoms with Gasteiger partial charge in [0.25, 0.3) is 0 Å².